The molecule has 98 valence electrons. The van der Waals surface area contributed by atoms with Crippen LogP contribution in [-0.4, -0.2) is 11.7 Å². The molecule has 0 aliphatic heterocycles. The maximum absolute atomic E-state index is 13.6. The standard InChI is InChI=1S/C14H13FN2OS/c15-13-5-10(6-16)1-2-11(13)7-17-8-14(18)12-3-4-19-9-12/h1-5,9,14,17-18H,7-8H2. The zero-order valence-electron chi connectivity index (χ0n) is 10.1. The van der Waals surface area contributed by atoms with Crippen LogP contribution in [0.1, 0.15) is 22.8 Å². The van der Waals surface area contributed by atoms with Gasteiger partial charge in [0, 0.05) is 18.7 Å². The lowest BCUT2D eigenvalue weighted by Gasteiger charge is -2.11. The molecule has 1 atom stereocenters. The second-order valence-corrected chi connectivity index (χ2v) is 4.90. The minimum absolute atomic E-state index is 0.305. The van der Waals surface area contributed by atoms with Crippen LogP contribution in [0.2, 0.25) is 0 Å². The summed E-state index contributed by atoms with van der Waals surface area (Å²) in [4.78, 5) is 0. The number of thiophene rings is 1. The third-order valence-electron chi connectivity index (χ3n) is 2.76. The van der Waals surface area contributed by atoms with E-state index in [1.165, 1.54) is 17.4 Å². The fourth-order valence-electron chi connectivity index (χ4n) is 1.69. The molecule has 0 amide bonds. The summed E-state index contributed by atoms with van der Waals surface area (Å²) in [6, 6.07) is 8.12. The SMILES string of the molecule is N#Cc1ccc(CNCC(O)c2ccsc2)c(F)c1. The molecule has 0 fully saturated rings. The Hall–Kier alpha value is -1.74. The molecular formula is C14H13FN2OS. The highest BCUT2D eigenvalue weighted by molar-refractivity contribution is 7.07. The summed E-state index contributed by atoms with van der Waals surface area (Å²) in [6.45, 7) is 0.676. The molecule has 1 aromatic carbocycles. The highest BCUT2D eigenvalue weighted by Crippen LogP contribution is 2.15. The normalized spacial score (nSPS) is 12.1. The topological polar surface area (TPSA) is 56.0 Å². The van der Waals surface area contributed by atoms with Crippen LogP contribution in [0.5, 0.6) is 0 Å². The van der Waals surface area contributed by atoms with Crippen molar-refractivity contribution in [3.63, 3.8) is 0 Å². The third kappa shape index (κ3) is 3.61. The van der Waals surface area contributed by atoms with E-state index in [2.05, 4.69) is 5.32 Å². The van der Waals surface area contributed by atoms with Gasteiger partial charge in [-0.1, -0.05) is 6.07 Å². The first-order valence-corrected chi connectivity index (χ1v) is 6.74. The van der Waals surface area contributed by atoms with Crippen molar-refractivity contribution >= 4 is 11.3 Å². The second-order valence-electron chi connectivity index (χ2n) is 4.12. The van der Waals surface area contributed by atoms with Crippen molar-refractivity contribution in [3.05, 3.63) is 57.5 Å². The molecule has 0 aliphatic rings. The highest BCUT2D eigenvalue weighted by Gasteiger charge is 2.08. The number of nitrogens with one attached hydrogen (secondary N) is 1. The lowest BCUT2D eigenvalue weighted by Crippen LogP contribution is -2.21. The van der Waals surface area contributed by atoms with Crippen LogP contribution < -0.4 is 5.32 Å². The van der Waals surface area contributed by atoms with E-state index in [0.717, 1.165) is 5.56 Å². The molecule has 2 rings (SSSR count). The Balaban J connectivity index is 1.88. The molecule has 0 bridgehead atoms. The summed E-state index contributed by atoms with van der Waals surface area (Å²) in [6.07, 6.45) is -0.590. The number of rotatable bonds is 5. The molecule has 0 radical (unpaired) electrons. The van der Waals surface area contributed by atoms with E-state index in [4.69, 9.17) is 5.26 Å². The van der Waals surface area contributed by atoms with Gasteiger partial charge in [0.05, 0.1) is 17.7 Å². The molecule has 5 heteroatoms. The number of aliphatic hydroxyl groups excluding tert-OH is 1. The maximum atomic E-state index is 13.6. The Morgan fingerprint density at radius 2 is 2.26 bits per heavy atom. The van der Waals surface area contributed by atoms with Crippen LogP contribution in [0.3, 0.4) is 0 Å². The third-order valence-corrected chi connectivity index (χ3v) is 3.46. The molecule has 0 aliphatic carbocycles. The van der Waals surface area contributed by atoms with Gasteiger partial charge in [0.1, 0.15) is 5.82 Å². The van der Waals surface area contributed by atoms with Crippen molar-refractivity contribution in [2.24, 2.45) is 0 Å². The number of benzene rings is 1. The Morgan fingerprint density at radius 1 is 1.42 bits per heavy atom. The Morgan fingerprint density at radius 3 is 2.89 bits per heavy atom. The van der Waals surface area contributed by atoms with E-state index in [9.17, 15) is 9.50 Å². The maximum Gasteiger partial charge on any atom is 0.129 e. The van der Waals surface area contributed by atoms with E-state index in [-0.39, 0.29) is 0 Å². The van der Waals surface area contributed by atoms with Crippen molar-refractivity contribution in [3.8, 4) is 6.07 Å². The zero-order chi connectivity index (χ0) is 13.7. The van der Waals surface area contributed by atoms with Gasteiger partial charge >= 0.3 is 0 Å². The number of nitrogens with zero attached hydrogens (tertiary/aromatic N) is 1. The van der Waals surface area contributed by atoms with E-state index in [0.29, 0.717) is 24.2 Å². The van der Waals surface area contributed by atoms with E-state index >= 15 is 0 Å². The zero-order valence-corrected chi connectivity index (χ0v) is 11.0. The first-order chi connectivity index (χ1) is 9.20. The van der Waals surface area contributed by atoms with E-state index < -0.39 is 11.9 Å². The van der Waals surface area contributed by atoms with E-state index in [1.54, 1.807) is 12.1 Å². The fourth-order valence-corrected chi connectivity index (χ4v) is 2.39. The molecule has 3 nitrogen and oxygen atoms in total. The molecule has 1 heterocycles. The number of aliphatic hydroxyl groups is 1. The Labute approximate surface area is 114 Å². The summed E-state index contributed by atoms with van der Waals surface area (Å²) in [7, 11) is 0. The quantitative estimate of drug-likeness (QED) is 0.882. The van der Waals surface area contributed by atoms with Crippen LogP contribution in [0, 0.1) is 17.1 Å². The van der Waals surface area contributed by atoms with Gasteiger partial charge in [0.15, 0.2) is 0 Å². The van der Waals surface area contributed by atoms with Gasteiger partial charge in [-0.2, -0.15) is 16.6 Å². The number of hydrogen-bond acceptors (Lipinski definition) is 4. The summed E-state index contributed by atoms with van der Waals surface area (Å²) < 4.78 is 13.6. The molecular weight excluding hydrogens is 263 g/mol. The van der Waals surface area contributed by atoms with Gasteiger partial charge in [-0.05, 0) is 34.5 Å². The first-order valence-electron chi connectivity index (χ1n) is 5.80. The number of halogens is 1. The largest absolute Gasteiger partial charge is 0.387 e. The van der Waals surface area contributed by atoms with Gasteiger partial charge in [-0.25, -0.2) is 4.39 Å². The van der Waals surface area contributed by atoms with Gasteiger partial charge in [0.2, 0.25) is 0 Å². The number of nitriles is 1. The van der Waals surface area contributed by atoms with Crippen molar-refractivity contribution < 1.29 is 9.50 Å². The summed E-state index contributed by atoms with van der Waals surface area (Å²) in [5, 5.41) is 25.3. The van der Waals surface area contributed by atoms with Crippen LogP contribution in [0.25, 0.3) is 0 Å². The van der Waals surface area contributed by atoms with Crippen molar-refractivity contribution in [2.75, 3.05) is 6.54 Å². The molecule has 0 saturated carbocycles. The Bertz CT molecular complexity index is 578. The van der Waals surface area contributed by atoms with Crippen LogP contribution in [0.15, 0.2) is 35.0 Å². The minimum atomic E-state index is -0.590. The summed E-state index contributed by atoms with van der Waals surface area (Å²) in [5.41, 5.74) is 1.65. The molecule has 2 N–H and O–H groups in total. The van der Waals surface area contributed by atoms with Gasteiger partial charge < -0.3 is 10.4 Å². The predicted octanol–water partition coefficient (Wildman–Crippen LogP) is 2.58. The monoisotopic (exact) mass is 276 g/mol. The van der Waals surface area contributed by atoms with Crippen molar-refractivity contribution in [1.82, 2.24) is 5.32 Å². The van der Waals surface area contributed by atoms with Crippen LogP contribution in [-0.2, 0) is 6.54 Å². The summed E-state index contributed by atoms with van der Waals surface area (Å²) >= 11 is 1.53. The van der Waals surface area contributed by atoms with Crippen molar-refractivity contribution in [2.45, 2.75) is 12.6 Å². The minimum Gasteiger partial charge on any atom is -0.387 e. The van der Waals surface area contributed by atoms with Crippen LogP contribution >= 0.6 is 11.3 Å². The predicted molar refractivity (Wildman–Crippen MR) is 72.1 cm³/mol. The van der Waals surface area contributed by atoms with Gasteiger partial charge in [-0.15, -0.1) is 0 Å². The number of hydrogen-bond donors (Lipinski definition) is 2. The lowest BCUT2D eigenvalue weighted by atomic mass is 10.1. The van der Waals surface area contributed by atoms with Crippen LogP contribution in [0.4, 0.5) is 4.39 Å². The molecule has 0 saturated heterocycles. The fraction of sp³-hybridized carbons (Fsp3) is 0.214. The molecule has 0 spiro atoms. The summed E-state index contributed by atoms with van der Waals surface area (Å²) in [5.74, 6) is -0.406. The Kier molecular flexibility index (Phi) is 4.63. The second kappa shape index (κ2) is 6.43. The first kappa shape index (κ1) is 13.7. The van der Waals surface area contributed by atoms with Gasteiger partial charge in [-0.3, -0.25) is 0 Å². The van der Waals surface area contributed by atoms with E-state index in [1.807, 2.05) is 22.9 Å². The highest BCUT2D eigenvalue weighted by atomic mass is 32.1. The van der Waals surface area contributed by atoms with Gasteiger partial charge in [0.25, 0.3) is 0 Å². The average molecular weight is 276 g/mol. The smallest absolute Gasteiger partial charge is 0.129 e. The molecule has 1 unspecified atom stereocenters. The lowest BCUT2D eigenvalue weighted by molar-refractivity contribution is 0.174. The molecule has 19 heavy (non-hydrogen) atoms. The molecule has 2 aromatic rings. The van der Waals surface area contributed by atoms with Crippen molar-refractivity contribution in [1.29, 1.82) is 5.26 Å². The molecule has 1 aromatic heterocycles. The average Bonchev–Trinajstić information content (AvgIpc) is 2.94.